The van der Waals surface area contributed by atoms with Gasteiger partial charge in [-0.25, -0.2) is 5.43 Å². The number of halogens is 2. The molecule has 1 heterocycles. The van der Waals surface area contributed by atoms with E-state index in [2.05, 4.69) is 15.1 Å². The van der Waals surface area contributed by atoms with Crippen LogP contribution in [-0.4, -0.2) is 21.9 Å². The molecular weight excluding hydrogens is 425 g/mol. The van der Waals surface area contributed by atoms with Gasteiger partial charge < -0.3 is 4.57 Å². The quantitative estimate of drug-likeness (QED) is 0.285. The highest BCUT2D eigenvalue weighted by Gasteiger charge is 2.14. The van der Waals surface area contributed by atoms with Gasteiger partial charge in [-0.05, 0) is 57.2 Å². The third kappa shape index (κ3) is 5.44. The van der Waals surface area contributed by atoms with Gasteiger partial charge in [0.25, 0.3) is 5.91 Å². The van der Waals surface area contributed by atoms with Crippen molar-refractivity contribution in [3.05, 3.63) is 81.6 Å². The van der Waals surface area contributed by atoms with Crippen molar-refractivity contribution >= 4 is 47.1 Å². The summed E-state index contributed by atoms with van der Waals surface area (Å²) in [6, 6.07) is 17.2. The first-order valence-corrected chi connectivity index (χ1v) is 10.7. The van der Waals surface area contributed by atoms with Crippen LogP contribution in [0.4, 0.5) is 0 Å². The minimum absolute atomic E-state index is 0.148. The molecule has 0 bridgehead atoms. The number of rotatable bonds is 6. The smallest absolute Gasteiger partial charge is 0.253 e. The number of nitrogens with one attached hydrogen (secondary N) is 1. The fourth-order valence-corrected chi connectivity index (χ4v) is 4.39. The van der Waals surface area contributed by atoms with Gasteiger partial charge in [-0.1, -0.05) is 41.4 Å². The lowest BCUT2D eigenvalue weighted by atomic mass is 10.2. The fraction of sp³-hybridized carbons (Fsp3) is 0.182. The number of hydrogen-bond acceptors (Lipinski definition) is 3. The molecule has 0 radical (unpaired) electrons. The van der Waals surface area contributed by atoms with E-state index < -0.39 is 0 Å². The monoisotopic (exact) mass is 445 g/mol. The van der Waals surface area contributed by atoms with Crippen molar-refractivity contribution < 1.29 is 4.79 Å². The van der Waals surface area contributed by atoms with Crippen LogP contribution in [0.5, 0.6) is 0 Å². The minimum atomic E-state index is -0.254. The summed E-state index contributed by atoms with van der Waals surface area (Å²) in [4.78, 5) is 13.4. The maximum Gasteiger partial charge on any atom is 0.253 e. The number of thioether (sulfide) groups is 1. The van der Waals surface area contributed by atoms with E-state index in [1.807, 2.05) is 69.3 Å². The molecule has 0 aliphatic heterocycles. The Morgan fingerprint density at radius 1 is 1.10 bits per heavy atom. The topological polar surface area (TPSA) is 46.4 Å². The summed E-state index contributed by atoms with van der Waals surface area (Å²) in [5.41, 5.74) is 6.40. The second-order valence-corrected chi connectivity index (χ2v) is 8.88. The van der Waals surface area contributed by atoms with Crippen LogP contribution in [0.15, 0.2) is 64.6 Å². The van der Waals surface area contributed by atoms with Gasteiger partial charge in [-0.3, -0.25) is 4.79 Å². The highest BCUT2D eigenvalue weighted by atomic mass is 35.5. The maximum absolute atomic E-state index is 12.3. The van der Waals surface area contributed by atoms with Gasteiger partial charge in [0, 0.05) is 37.6 Å². The average Bonchev–Trinajstić information content (AvgIpc) is 2.95. The van der Waals surface area contributed by atoms with E-state index in [-0.39, 0.29) is 11.2 Å². The van der Waals surface area contributed by atoms with Crippen molar-refractivity contribution in [2.24, 2.45) is 5.10 Å². The van der Waals surface area contributed by atoms with E-state index in [0.717, 1.165) is 27.5 Å². The number of aryl methyl sites for hydroxylation is 1. The van der Waals surface area contributed by atoms with Gasteiger partial charge in [0.05, 0.1) is 11.5 Å². The van der Waals surface area contributed by atoms with E-state index in [4.69, 9.17) is 23.2 Å². The molecule has 3 rings (SSSR count). The molecule has 1 aromatic heterocycles. The first kappa shape index (κ1) is 21.5. The Balaban J connectivity index is 1.70. The van der Waals surface area contributed by atoms with Crippen LogP contribution in [0.25, 0.3) is 5.69 Å². The van der Waals surface area contributed by atoms with Crippen molar-refractivity contribution in [2.75, 3.05) is 0 Å². The number of carbonyl (C=O) groups excluding carboxylic acids is 1. The molecule has 150 valence electrons. The van der Waals surface area contributed by atoms with Gasteiger partial charge in [-0.2, -0.15) is 5.10 Å². The molecule has 0 unspecified atom stereocenters. The zero-order valence-electron chi connectivity index (χ0n) is 16.3. The van der Waals surface area contributed by atoms with Crippen molar-refractivity contribution in [3.63, 3.8) is 0 Å². The summed E-state index contributed by atoms with van der Waals surface area (Å²) in [7, 11) is 0. The zero-order chi connectivity index (χ0) is 21.0. The highest BCUT2D eigenvalue weighted by molar-refractivity contribution is 8.00. The van der Waals surface area contributed by atoms with E-state index in [1.54, 1.807) is 12.3 Å². The summed E-state index contributed by atoms with van der Waals surface area (Å²) < 4.78 is 2.05. The second-order valence-electron chi connectivity index (χ2n) is 6.60. The number of hydrazone groups is 1. The van der Waals surface area contributed by atoms with Gasteiger partial charge in [-0.15, -0.1) is 11.8 Å². The molecule has 0 aliphatic rings. The Morgan fingerprint density at radius 3 is 2.41 bits per heavy atom. The normalized spacial score (nSPS) is 12.3. The van der Waals surface area contributed by atoms with Crippen LogP contribution in [0, 0.1) is 13.8 Å². The van der Waals surface area contributed by atoms with Crippen LogP contribution in [0.2, 0.25) is 10.0 Å². The van der Waals surface area contributed by atoms with Crippen molar-refractivity contribution in [1.82, 2.24) is 9.99 Å². The van der Waals surface area contributed by atoms with Crippen LogP contribution < -0.4 is 5.43 Å². The average molecular weight is 446 g/mol. The molecule has 1 amide bonds. The Bertz CT molecular complexity index is 1030. The summed E-state index contributed by atoms with van der Waals surface area (Å²) in [6.45, 7) is 5.84. The second kappa shape index (κ2) is 9.53. The summed E-state index contributed by atoms with van der Waals surface area (Å²) in [6.07, 6.45) is 1.66. The Hall–Kier alpha value is -2.21. The third-order valence-corrected chi connectivity index (χ3v) is 5.93. The Morgan fingerprint density at radius 2 is 1.76 bits per heavy atom. The van der Waals surface area contributed by atoms with E-state index in [9.17, 15) is 4.79 Å². The molecule has 29 heavy (non-hydrogen) atoms. The minimum Gasteiger partial charge on any atom is -0.318 e. The number of carbonyl (C=O) groups is 1. The molecule has 0 aliphatic carbocycles. The predicted octanol–water partition coefficient (Wildman–Crippen LogP) is 6.03. The largest absolute Gasteiger partial charge is 0.318 e. The standard InChI is InChI=1S/C22H21Cl2N3OS/c1-14-9-17(15(2)27(14)20-11-18(23)10-19(24)12-20)13-25-26-22(28)16(3)29-21-7-5-4-6-8-21/h4-13,16H,1-3H3,(H,26,28)/b25-13-/t16-/m0/s1. The number of hydrogen-bond donors (Lipinski definition) is 1. The lowest BCUT2D eigenvalue weighted by Gasteiger charge is -2.11. The van der Waals surface area contributed by atoms with Crippen LogP contribution >= 0.6 is 35.0 Å². The Labute approximate surface area is 184 Å². The van der Waals surface area contributed by atoms with Crippen molar-refractivity contribution in [3.8, 4) is 5.69 Å². The maximum atomic E-state index is 12.3. The molecule has 7 heteroatoms. The van der Waals surface area contributed by atoms with Crippen molar-refractivity contribution in [1.29, 1.82) is 0 Å². The Kier molecular flexibility index (Phi) is 7.06. The molecule has 2 aromatic carbocycles. The van der Waals surface area contributed by atoms with Gasteiger partial charge >= 0.3 is 0 Å². The molecule has 0 saturated carbocycles. The molecule has 0 saturated heterocycles. The summed E-state index contributed by atoms with van der Waals surface area (Å²) in [5.74, 6) is -0.148. The highest BCUT2D eigenvalue weighted by Crippen LogP contribution is 2.26. The lowest BCUT2D eigenvalue weighted by molar-refractivity contribution is -0.120. The molecule has 3 aromatic rings. The predicted molar refractivity (Wildman–Crippen MR) is 123 cm³/mol. The van der Waals surface area contributed by atoms with Crippen molar-refractivity contribution in [2.45, 2.75) is 30.9 Å². The fourth-order valence-electron chi connectivity index (χ4n) is 3.00. The van der Waals surface area contributed by atoms with Crippen LogP contribution in [0.1, 0.15) is 23.9 Å². The first-order chi connectivity index (χ1) is 13.8. The zero-order valence-corrected chi connectivity index (χ0v) is 18.6. The summed E-state index contributed by atoms with van der Waals surface area (Å²) in [5, 5.41) is 5.04. The van der Waals surface area contributed by atoms with Gasteiger partial charge in [0.15, 0.2) is 0 Å². The SMILES string of the molecule is Cc1cc(/C=N\NC(=O)[C@H](C)Sc2ccccc2)c(C)n1-c1cc(Cl)cc(Cl)c1. The number of benzene rings is 2. The van der Waals surface area contributed by atoms with Gasteiger partial charge in [0.1, 0.15) is 0 Å². The lowest BCUT2D eigenvalue weighted by Crippen LogP contribution is -2.26. The molecule has 1 atom stereocenters. The summed E-state index contributed by atoms with van der Waals surface area (Å²) >= 11 is 13.8. The number of aromatic nitrogens is 1. The van der Waals surface area contributed by atoms with E-state index in [1.165, 1.54) is 11.8 Å². The molecule has 1 N–H and O–H groups in total. The number of amides is 1. The molecule has 0 fully saturated rings. The van der Waals surface area contributed by atoms with Crippen LogP contribution in [-0.2, 0) is 4.79 Å². The first-order valence-electron chi connectivity index (χ1n) is 9.05. The molecular formula is C22H21Cl2N3OS. The molecule has 4 nitrogen and oxygen atoms in total. The van der Waals surface area contributed by atoms with Crippen LogP contribution in [0.3, 0.4) is 0 Å². The van der Waals surface area contributed by atoms with Gasteiger partial charge in [0.2, 0.25) is 0 Å². The van der Waals surface area contributed by atoms with E-state index in [0.29, 0.717) is 10.0 Å². The number of nitrogens with zero attached hydrogens (tertiary/aromatic N) is 2. The third-order valence-electron chi connectivity index (χ3n) is 4.38. The molecule has 0 spiro atoms. The van der Waals surface area contributed by atoms with E-state index >= 15 is 0 Å².